The first-order valence-electron chi connectivity index (χ1n) is 3.61. The number of carboxylic acid groups (broad SMARTS) is 2. The van der Waals surface area contributed by atoms with Crippen LogP contribution in [0, 0.1) is 6.92 Å². The second kappa shape index (κ2) is 6.41. The summed E-state index contributed by atoms with van der Waals surface area (Å²) in [6.45, 7) is 1.97. The smallest absolute Gasteiger partial charge is 0.328 e. The van der Waals surface area contributed by atoms with Crippen LogP contribution in [-0.4, -0.2) is 32.1 Å². The van der Waals surface area contributed by atoms with Gasteiger partial charge < -0.3 is 15.2 Å². The van der Waals surface area contributed by atoms with Crippen molar-refractivity contribution in [3.8, 4) is 0 Å². The summed E-state index contributed by atoms with van der Waals surface area (Å²) >= 11 is 0. The van der Waals surface area contributed by atoms with E-state index in [9.17, 15) is 9.59 Å². The zero-order chi connectivity index (χ0) is 11.0. The highest BCUT2D eigenvalue weighted by Gasteiger charge is 1.88. The van der Waals surface area contributed by atoms with Crippen LogP contribution in [0.3, 0.4) is 0 Å². The normalized spacial score (nSPS) is 9.21. The number of imidazole rings is 1. The predicted octanol–water partition coefficient (Wildman–Crippen LogP) is 0.430. The molecule has 14 heavy (non-hydrogen) atoms. The molecule has 1 heterocycles. The van der Waals surface area contributed by atoms with Crippen molar-refractivity contribution in [1.29, 1.82) is 0 Å². The maximum absolute atomic E-state index is 9.55. The Labute approximate surface area is 79.9 Å². The Balaban J connectivity index is 0.000000249. The van der Waals surface area contributed by atoms with Gasteiger partial charge in [0.15, 0.2) is 0 Å². The highest BCUT2D eigenvalue weighted by molar-refractivity contribution is 5.89. The third-order valence-corrected chi connectivity index (χ3v) is 1.00. The van der Waals surface area contributed by atoms with Crippen LogP contribution in [0.5, 0.6) is 0 Å². The fourth-order valence-corrected chi connectivity index (χ4v) is 0.468. The summed E-state index contributed by atoms with van der Waals surface area (Å²) in [7, 11) is 0. The van der Waals surface area contributed by atoms with E-state index in [1.165, 1.54) is 0 Å². The van der Waals surface area contributed by atoms with Gasteiger partial charge >= 0.3 is 11.9 Å². The highest BCUT2D eigenvalue weighted by atomic mass is 16.4. The number of H-pyrrole nitrogens is 1. The Morgan fingerprint density at radius 2 is 1.86 bits per heavy atom. The molecule has 0 unspecified atom stereocenters. The Morgan fingerprint density at radius 1 is 1.36 bits per heavy atom. The molecule has 0 atom stereocenters. The molecule has 0 bridgehead atoms. The van der Waals surface area contributed by atoms with Crippen molar-refractivity contribution in [2.24, 2.45) is 0 Å². The summed E-state index contributed by atoms with van der Waals surface area (Å²) in [5.41, 5.74) is 1.11. The van der Waals surface area contributed by atoms with Crippen molar-refractivity contribution in [3.63, 3.8) is 0 Å². The van der Waals surface area contributed by atoms with E-state index in [0.717, 1.165) is 5.69 Å². The standard InChI is InChI=1S/C4H6N2.C4H4O4/c1-4-2-5-3-6-4;5-3(6)1-2-4(7)8/h2-3H,1H3,(H,5,6);1-2H,(H,5,6)(H,7,8)/b;2-1-. The SMILES string of the molecule is Cc1cnc[nH]1.O=C(O)/C=C\C(=O)O. The van der Waals surface area contributed by atoms with Crippen molar-refractivity contribution in [2.75, 3.05) is 0 Å². The molecule has 76 valence electrons. The van der Waals surface area contributed by atoms with Crippen molar-refractivity contribution in [2.45, 2.75) is 6.92 Å². The van der Waals surface area contributed by atoms with E-state index in [2.05, 4.69) is 9.97 Å². The van der Waals surface area contributed by atoms with Crippen LogP contribution in [-0.2, 0) is 9.59 Å². The first-order valence-corrected chi connectivity index (χ1v) is 3.61. The largest absolute Gasteiger partial charge is 0.478 e. The molecule has 0 spiro atoms. The predicted molar refractivity (Wildman–Crippen MR) is 47.7 cm³/mol. The van der Waals surface area contributed by atoms with E-state index in [-0.39, 0.29) is 0 Å². The van der Waals surface area contributed by atoms with Crippen LogP contribution in [0.15, 0.2) is 24.7 Å². The van der Waals surface area contributed by atoms with Gasteiger partial charge in [0.1, 0.15) is 0 Å². The topological polar surface area (TPSA) is 103 Å². The summed E-state index contributed by atoms with van der Waals surface area (Å²) in [6.07, 6.45) is 4.56. The molecule has 3 N–H and O–H groups in total. The fraction of sp³-hybridized carbons (Fsp3) is 0.125. The highest BCUT2D eigenvalue weighted by Crippen LogP contribution is 1.81. The minimum atomic E-state index is -1.26. The molecule has 0 aliphatic carbocycles. The number of carboxylic acids is 2. The lowest BCUT2D eigenvalue weighted by molar-refractivity contribution is -0.134. The van der Waals surface area contributed by atoms with E-state index < -0.39 is 11.9 Å². The van der Waals surface area contributed by atoms with Gasteiger partial charge in [-0.25, -0.2) is 14.6 Å². The van der Waals surface area contributed by atoms with Gasteiger partial charge in [-0.1, -0.05) is 0 Å². The number of rotatable bonds is 2. The number of aromatic amines is 1. The minimum absolute atomic E-state index is 0.558. The van der Waals surface area contributed by atoms with Crippen LogP contribution in [0.2, 0.25) is 0 Å². The lowest BCUT2D eigenvalue weighted by Crippen LogP contribution is -1.91. The summed E-state index contributed by atoms with van der Waals surface area (Å²) in [5.74, 6) is -2.51. The Kier molecular flexibility index (Phi) is 5.44. The average molecular weight is 198 g/mol. The lowest BCUT2D eigenvalue weighted by Gasteiger charge is -1.74. The number of carbonyl (C=O) groups is 2. The molecule has 6 nitrogen and oxygen atoms in total. The van der Waals surface area contributed by atoms with E-state index in [1.807, 2.05) is 6.92 Å². The number of nitrogens with zero attached hydrogens (tertiary/aromatic N) is 1. The lowest BCUT2D eigenvalue weighted by atomic mass is 10.5. The third-order valence-electron chi connectivity index (χ3n) is 1.00. The molecule has 1 aromatic rings. The first kappa shape index (κ1) is 11.9. The minimum Gasteiger partial charge on any atom is -0.478 e. The van der Waals surface area contributed by atoms with Gasteiger partial charge in [0.2, 0.25) is 0 Å². The Morgan fingerprint density at radius 3 is 2.00 bits per heavy atom. The molecule has 0 saturated carbocycles. The molecule has 0 aromatic carbocycles. The van der Waals surface area contributed by atoms with Gasteiger partial charge in [-0.15, -0.1) is 0 Å². The first-order chi connectivity index (χ1) is 6.52. The van der Waals surface area contributed by atoms with Crippen LogP contribution in [0.25, 0.3) is 0 Å². The Hall–Kier alpha value is -2.11. The van der Waals surface area contributed by atoms with E-state index in [1.54, 1.807) is 12.5 Å². The van der Waals surface area contributed by atoms with Crippen molar-refractivity contribution >= 4 is 11.9 Å². The number of hydrogen-bond donors (Lipinski definition) is 3. The summed E-state index contributed by atoms with van der Waals surface area (Å²) in [6, 6.07) is 0. The van der Waals surface area contributed by atoms with Gasteiger partial charge in [0, 0.05) is 24.0 Å². The molecule has 1 rings (SSSR count). The number of nitrogens with one attached hydrogen (secondary N) is 1. The van der Waals surface area contributed by atoms with Gasteiger partial charge in [0.25, 0.3) is 0 Å². The van der Waals surface area contributed by atoms with Gasteiger partial charge in [0.05, 0.1) is 6.33 Å². The maximum atomic E-state index is 9.55. The number of aromatic nitrogens is 2. The molecule has 6 heteroatoms. The van der Waals surface area contributed by atoms with Crippen molar-refractivity contribution in [3.05, 3.63) is 30.4 Å². The van der Waals surface area contributed by atoms with Crippen LogP contribution < -0.4 is 0 Å². The Bertz CT molecular complexity index is 300. The number of aliphatic carboxylic acids is 2. The van der Waals surface area contributed by atoms with Crippen LogP contribution in [0.1, 0.15) is 5.69 Å². The molecular weight excluding hydrogens is 188 g/mol. The van der Waals surface area contributed by atoms with Gasteiger partial charge in [-0.05, 0) is 6.92 Å². The molecule has 0 amide bonds. The van der Waals surface area contributed by atoms with E-state index in [4.69, 9.17) is 10.2 Å². The fourth-order valence-electron chi connectivity index (χ4n) is 0.468. The third kappa shape index (κ3) is 7.99. The second-order valence-corrected chi connectivity index (χ2v) is 2.24. The molecule has 0 aliphatic rings. The van der Waals surface area contributed by atoms with Crippen molar-refractivity contribution in [1.82, 2.24) is 9.97 Å². The monoisotopic (exact) mass is 198 g/mol. The molecule has 0 saturated heterocycles. The summed E-state index contributed by atoms with van der Waals surface area (Å²) in [5, 5.41) is 15.6. The zero-order valence-corrected chi connectivity index (χ0v) is 7.47. The number of aryl methyl sites for hydroxylation is 1. The second-order valence-electron chi connectivity index (χ2n) is 2.24. The zero-order valence-electron chi connectivity index (χ0n) is 7.47. The van der Waals surface area contributed by atoms with E-state index in [0.29, 0.717) is 12.2 Å². The van der Waals surface area contributed by atoms with E-state index >= 15 is 0 Å². The van der Waals surface area contributed by atoms with Crippen LogP contribution >= 0.6 is 0 Å². The molecule has 0 fully saturated rings. The van der Waals surface area contributed by atoms with Gasteiger partial charge in [-0.2, -0.15) is 0 Å². The molecule has 0 aliphatic heterocycles. The molecular formula is C8H10N2O4. The molecule has 0 radical (unpaired) electrons. The van der Waals surface area contributed by atoms with Crippen LogP contribution in [0.4, 0.5) is 0 Å². The molecule has 1 aromatic heterocycles. The number of hydrogen-bond acceptors (Lipinski definition) is 3. The maximum Gasteiger partial charge on any atom is 0.328 e. The summed E-state index contributed by atoms with van der Waals surface area (Å²) < 4.78 is 0. The van der Waals surface area contributed by atoms with Crippen molar-refractivity contribution < 1.29 is 19.8 Å². The average Bonchev–Trinajstić information content (AvgIpc) is 2.53. The van der Waals surface area contributed by atoms with Gasteiger partial charge in [-0.3, -0.25) is 0 Å². The quantitative estimate of drug-likeness (QED) is 0.598. The summed E-state index contributed by atoms with van der Waals surface area (Å²) in [4.78, 5) is 25.8.